The Kier molecular flexibility index (Phi) is 2.58. The molecule has 0 radical (unpaired) electrons. The van der Waals surface area contributed by atoms with Crippen LogP contribution in [0.25, 0.3) is 0 Å². The first-order valence-electron chi connectivity index (χ1n) is 5.49. The summed E-state index contributed by atoms with van der Waals surface area (Å²) in [4.78, 5) is 17.9. The zero-order chi connectivity index (χ0) is 11.8. The third-order valence-electron chi connectivity index (χ3n) is 3.00. The number of anilines is 1. The molecule has 1 saturated heterocycles. The number of carbonyl (C=O) groups is 1. The van der Waals surface area contributed by atoms with Gasteiger partial charge in [0.15, 0.2) is 0 Å². The maximum Gasteiger partial charge on any atom is 0.255 e. The number of nitrogen functional groups attached to an aromatic ring is 1. The molecule has 1 fully saturated rings. The summed E-state index contributed by atoms with van der Waals surface area (Å²) in [7, 11) is 0. The lowest BCUT2D eigenvalue weighted by molar-refractivity contribution is 0.0778. The first kappa shape index (κ1) is 10.9. The summed E-state index contributed by atoms with van der Waals surface area (Å²) in [6.45, 7) is 6.01. The van der Waals surface area contributed by atoms with Crippen molar-refractivity contribution >= 4 is 11.7 Å². The first-order valence-corrected chi connectivity index (χ1v) is 5.49. The summed E-state index contributed by atoms with van der Waals surface area (Å²) in [5.74, 6) is 0.497. The van der Waals surface area contributed by atoms with Crippen LogP contribution in [0.4, 0.5) is 5.82 Å². The maximum absolute atomic E-state index is 12.1. The molecule has 1 aliphatic heterocycles. The molecule has 1 aliphatic rings. The highest BCUT2D eigenvalue weighted by Gasteiger charge is 2.32. The standard InChI is InChI=1S/C12H17N3O/c1-12(2)5-6-15(8-12)11(16)9-3-4-10(13)14-7-9/h3-4,7H,5-6,8H2,1-2H3,(H2,13,14). The summed E-state index contributed by atoms with van der Waals surface area (Å²) in [6, 6.07) is 3.39. The third kappa shape index (κ3) is 2.15. The lowest BCUT2D eigenvalue weighted by atomic mass is 9.93. The van der Waals surface area contributed by atoms with Crippen LogP contribution in [-0.2, 0) is 0 Å². The first-order chi connectivity index (χ1) is 7.48. The van der Waals surface area contributed by atoms with Crippen molar-refractivity contribution in [3.05, 3.63) is 23.9 Å². The monoisotopic (exact) mass is 219 g/mol. The molecule has 1 aromatic rings. The molecule has 4 nitrogen and oxygen atoms in total. The van der Waals surface area contributed by atoms with Gasteiger partial charge in [-0.3, -0.25) is 4.79 Å². The van der Waals surface area contributed by atoms with Gasteiger partial charge in [0.05, 0.1) is 5.56 Å². The zero-order valence-electron chi connectivity index (χ0n) is 9.73. The lowest BCUT2D eigenvalue weighted by Gasteiger charge is -2.19. The number of carbonyl (C=O) groups excluding carboxylic acids is 1. The summed E-state index contributed by atoms with van der Waals surface area (Å²) < 4.78 is 0. The van der Waals surface area contributed by atoms with Crippen LogP contribution in [0.1, 0.15) is 30.6 Å². The number of amides is 1. The molecule has 86 valence electrons. The minimum atomic E-state index is 0.0538. The van der Waals surface area contributed by atoms with Gasteiger partial charge in [-0.05, 0) is 24.0 Å². The molecule has 0 unspecified atom stereocenters. The topological polar surface area (TPSA) is 59.2 Å². The Morgan fingerprint density at radius 2 is 2.25 bits per heavy atom. The largest absolute Gasteiger partial charge is 0.384 e. The Balaban J connectivity index is 2.12. The van der Waals surface area contributed by atoms with Crippen LogP contribution in [0.5, 0.6) is 0 Å². The predicted octanol–water partition coefficient (Wildman–Crippen LogP) is 1.54. The van der Waals surface area contributed by atoms with E-state index >= 15 is 0 Å². The van der Waals surface area contributed by atoms with Gasteiger partial charge in [0.2, 0.25) is 0 Å². The average Bonchev–Trinajstić information content (AvgIpc) is 2.59. The second-order valence-electron chi connectivity index (χ2n) is 5.11. The van der Waals surface area contributed by atoms with E-state index in [9.17, 15) is 4.79 Å². The Labute approximate surface area is 95.5 Å². The summed E-state index contributed by atoms with van der Waals surface area (Å²) in [5, 5.41) is 0. The fourth-order valence-corrected chi connectivity index (χ4v) is 2.00. The number of rotatable bonds is 1. The highest BCUT2D eigenvalue weighted by molar-refractivity contribution is 5.94. The van der Waals surface area contributed by atoms with Crippen LogP contribution in [-0.4, -0.2) is 28.9 Å². The van der Waals surface area contributed by atoms with Crippen LogP contribution in [0.3, 0.4) is 0 Å². The van der Waals surface area contributed by atoms with Gasteiger partial charge in [0.1, 0.15) is 5.82 Å². The molecule has 1 amide bonds. The van der Waals surface area contributed by atoms with Crippen molar-refractivity contribution in [1.29, 1.82) is 0 Å². The van der Waals surface area contributed by atoms with Gasteiger partial charge < -0.3 is 10.6 Å². The van der Waals surface area contributed by atoms with Crippen LogP contribution in [0.15, 0.2) is 18.3 Å². The maximum atomic E-state index is 12.1. The molecule has 0 bridgehead atoms. The lowest BCUT2D eigenvalue weighted by Crippen LogP contribution is -2.30. The van der Waals surface area contributed by atoms with Gasteiger partial charge in [-0.1, -0.05) is 13.8 Å². The van der Waals surface area contributed by atoms with Gasteiger partial charge in [0.25, 0.3) is 5.91 Å². The Morgan fingerprint density at radius 1 is 1.50 bits per heavy atom. The van der Waals surface area contributed by atoms with Crippen LogP contribution in [0, 0.1) is 5.41 Å². The van der Waals surface area contributed by atoms with E-state index in [1.165, 1.54) is 0 Å². The number of likely N-dealkylation sites (tertiary alicyclic amines) is 1. The highest BCUT2D eigenvalue weighted by atomic mass is 16.2. The van der Waals surface area contributed by atoms with E-state index in [1.54, 1.807) is 18.3 Å². The predicted molar refractivity (Wildman–Crippen MR) is 63.0 cm³/mol. The number of hydrogen-bond donors (Lipinski definition) is 1. The fourth-order valence-electron chi connectivity index (χ4n) is 2.00. The summed E-state index contributed by atoms with van der Waals surface area (Å²) in [6.07, 6.45) is 2.60. The number of aromatic nitrogens is 1. The number of nitrogens with zero attached hydrogens (tertiary/aromatic N) is 2. The number of pyridine rings is 1. The Morgan fingerprint density at radius 3 is 2.75 bits per heavy atom. The number of hydrogen-bond acceptors (Lipinski definition) is 3. The summed E-state index contributed by atoms with van der Waals surface area (Å²) in [5.41, 5.74) is 6.34. The highest BCUT2D eigenvalue weighted by Crippen LogP contribution is 2.29. The van der Waals surface area contributed by atoms with E-state index in [1.807, 2.05) is 4.90 Å². The summed E-state index contributed by atoms with van der Waals surface area (Å²) >= 11 is 0. The molecule has 2 N–H and O–H groups in total. The smallest absolute Gasteiger partial charge is 0.255 e. The second-order valence-corrected chi connectivity index (χ2v) is 5.11. The van der Waals surface area contributed by atoms with Crippen LogP contribution < -0.4 is 5.73 Å². The van der Waals surface area contributed by atoms with Gasteiger partial charge in [-0.15, -0.1) is 0 Å². The van der Waals surface area contributed by atoms with Gasteiger partial charge >= 0.3 is 0 Å². The van der Waals surface area contributed by atoms with Gasteiger partial charge in [0, 0.05) is 19.3 Å². The molecule has 2 heterocycles. The SMILES string of the molecule is CC1(C)CCN(C(=O)c2ccc(N)nc2)C1. The molecule has 4 heteroatoms. The molecule has 0 aliphatic carbocycles. The minimum Gasteiger partial charge on any atom is -0.384 e. The van der Waals surface area contributed by atoms with Gasteiger partial charge in [-0.2, -0.15) is 0 Å². The quantitative estimate of drug-likeness (QED) is 0.779. The third-order valence-corrected chi connectivity index (χ3v) is 3.00. The second kappa shape index (κ2) is 3.77. The molecule has 0 saturated carbocycles. The van der Waals surface area contributed by atoms with Crippen molar-refractivity contribution in [3.63, 3.8) is 0 Å². The fraction of sp³-hybridized carbons (Fsp3) is 0.500. The molecule has 16 heavy (non-hydrogen) atoms. The number of nitrogens with two attached hydrogens (primary N) is 1. The van der Waals surface area contributed by atoms with Crippen LogP contribution >= 0.6 is 0 Å². The molecule has 1 aromatic heterocycles. The van der Waals surface area contributed by atoms with Crippen molar-refractivity contribution in [2.45, 2.75) is 20.3 Å². The Bertz CT molecular complexity index is 397. The van der Waals surface area contributed by atoms with Crippen molar-refractivity contribution in [2.24, 2.45) is 5.41 Å². The van der Waals surface area contributed by atoms with E-state index in [-0.39, 0.29) is 11.3 Å². The van der Waals surface area contributed by atoms with Gasteiger partial charge in [-0.25, -0.2) is 4.98 Å². The zero-order valence-corrected chi connectivity index (χ0v) is 9.73. The average molecular weight is 219 g/mol. The minimum absolute atomic E-state index is 0.0538. The molecule has 0 atom stereocenters. The normalized spacial score (nSPS) is 18.8. The van der Waals surface area contributed by atoms with Crippen molar-refractivity contribution in [3.8, 4) is 0 Å². The molecule has 0 spiro atoms. The molecule has 0 aromatic carbocycles. The van der Waals surface area contributed by atoms with E-state index in [0.29, 0.717) is 11.4 Å². The van der Waals surface area contributed by atoms with E-state index in [4.69, 9.17) is 5.73 Å². The van der Waals surface area contributed by atoms with Crippen molar-refractivity contribution < 1.29 is 4.79 Å². The van der Waals surface area contributed by atoms with Crippen LogP contribution in [0.2, 0.25) is 0 Å². The van der Waals surface area contributed by atoms with Crippen molar-refractivity contribution in [2.75, 3.05) is 18.8 Å². The van der Waals surface area contributed by atoms with Crippen molar-refractivity contribution in [1.82, 2.24) is 9.88 Å². The van der Waals surface area contributed by atoms with E-state index < -0.39 is 0 Å². The molecular weight excluding hydrogens is 202 g/mol. The Hall–Kier alpha value is -1.58. The van der Waals surface area contributed by atoms with E-state index in [2.05, 4.69) is 18.8 Å². The molecule has 2 rings (SSSR count). The molecular formula is C12H17N3O. The van der Waals surface area contributed by atoms with E-state index in [0.717, 1.165) is 19.5 Å².